The van der Waals surface area contributed by atoms with Crippen LogP contribution in [0.5, 0.6) is 5.75 Å². The maximum atomic E-state index is 14.2. The van der Waals surface area contributed by atoms with Crippen molar-refractivity contribution in [3.63, 3.8) is 0 Å². The van der Waals surface area contributed by atoms with Gasteiger partial charge in [-0.15, -0.1) is 0 Å². The van der Waals surface area contributed by atoms with Crippen LogP contribution in [0.3, 0.4) is 0 Å². The quantitative estimate of drug-likeness (QED) is 0.860. The third kappa shape index (κ3) is 1.74. The van der Waals surface area contributed by atoms with Crippen LogP contribution in [0.1, 0.15) is 5.56 Å². The fraction of sp³-hybridized carbons (Fsp3) is 0.231. The Balaban J connectivity index is 2.71. The van der Waals surface area contributed by atoms with Gasteiger partial charge in [0.15, 0.2) is 0 Å². The molecule has 16 heavy (non-hydrogen) atoms. The molecule has 84 valence electrons. The molecule has 0 heterocycles. The summed E-state index contributed by atoms with van der Waals surface area (Å²) in [5, 5.41) is 1.46. The van der Waals surface area contributed by atoms with Crippen LogP contribution in [-0.4, -0.2) is 13.7 Å². The van der Waals surface area contributed by atoms with Gasteiger partial charge in [-0.2, -0.15) is 0 Å². The van der Waals surface area contributed by atoms with E-state index in [1.54, 1.807) is 13.2 Å². The van der Waals surface area contributed by atoms with E-state index in [9.17, 15) is 4.39 Å². The lowest BCUT2D eigenvalue weighted by Gasteiger charge is -2.11. The van der Waals surface area contributed by atoms with E-state index >= 15 is 0 Å². The number of nitrogens with two attached hydrogens (primary N) is 1. The third-order valence-electron chi connectivity index (χ3n) is 2.66. The topological polar surface area (TPSA) is 35.2 Å². The van der Waals surface area contributed by atoms with Crippen LogP contribution in [-0.2, 0) is 6.42 Å². The van der Waals surface area contributed by atoms with Crippen molar-refractivity contribution >= 4 is 10.8 Å². The smallest absolute Gasteiger partial charge is 0.137 e. The number of methoxy groups -OCH3 is 1. The normalized spacial score (nSPS) is 10.7. The average Bonchev–Trinajstić information content (AvgIpc) is 2.33. The number of hydrogen-bond donors (Lipinski definition) is 1. The molecule has 2 aromatic rings. The van der Waals surface area contributed by atoms with Crippen LogP contribution in [0.15, 0.2) is 30.3 Å². The minimum Gasteiger partial charge on any atom is -0.496 e. The molecule has 0 fully saturated rings. The molecule has 0 spiro atoms. The summed E-state index contributed by atoms with van der Waals surface area (Å²) >= 11 is 0. The molecular weight excluding hydrogens is 205 g/mol. The van der Waals surface area contributed by atoms with Gasteiger partial charge in [-0.05, 0) is 24.4 Å². The zero-order chi connectivity index (χ0) is 11.5. The van der Waals surface area contributed by atoms with Crippen molar-refractivity contribution in [3.05, 3.63) is 41.7 Å². The third-order valence-corrected chi connectivity index (χ3v) is 2.66. The first-order valence-electron chi connectivity index (χ1n) is 5.22. The zero-order valence-corrected chi connectivity index (χ0v) is 9.16. The molecule has 0 saturated heterocycles. The number of hydrogen-bond acceptors (Lipinski definition) is 2. The van der Waals surface area contributed by atoms with E-state index < -0.39 is 0 Å². The fourth-order valence-corrected chi connectivity index (χ4v) is 1.88. The first-order chi connectivity index (χ1) is 7.77. The zero-order valence-electron chi connectivity index (χ0n) is 9.16. The number of halogens is 1. The number of benzene rings is 2. The lowest BCUT2D eigenvalue weighted by Crippen LogP contribution is -2.06. The molecule has 0 radical (unpaired) electrons. The summed E-state index contributed by atoms with van der Waals surface area (Å²) in [6.45, 7) is 0.408. The Bertz CT molecular complexity index is 511. The van der Waals surface area contributed by atoms with Gasteiger partial charge in [-0.25, -0.2) is 4.39 Å². The van der Waals surface area contributed by atoms with Gasteiger partial charge >= 0.3 is 0 Å². The van der Waals surface area contributed by atoms with Gasteiger partial charge in [0.2, 0.25) is 0 Å². The predicted octanol–water partition coefficient (Wildman–Crippen LogP) is 2.49. The Morgan fingerprint density at radius 3 is 2.75 bits per heavy atom. The van der Waals surface area contributed by atoms with E-state index in [-0.39, 0.29) is 5.82 Å². The van der Waals surface area contributed by atoms with Gasteiger partial charge < -0.3 is 10.5 Å². The maximum absolute atomic E-state index is 14.2. The summed E-state index contributed by atoms with van der Waals surface area (Å²) in [6, 6.07) is 9.19. The molecule has 2 nitrogen and oxygen atoms in total. The number of ether oxygens (including phenoxy) is 1. The molecule has 0 aliphatic rings. The van der Waals surface area contributed by atoms with E-state index in [1.807, 2.05) is 24.3 Å². The molecule has 2 rings (SSSR count). The minimum atomic E-state index is -0.222. The first-order valence-corrected chi connectivity index (χ1v) is 5.22. The fourth-order valence-electron chi connectivity index (χ4n) is 1.88. The lowest BCUT2D eigenvalue weighted by molar-refractivity contribution is 0.406. The van der Waals surface area contributed by atoms with Gasteiger partial charge in [0.1, 0.15) is 11.6 Å². The number of rotatable bonds is 3. The van der Waals surface area contributed by atoms with Crippen molar-refractivity contribution in [1.29, 1.82) is 0 Å². The molecule has 3 heteroatoms. The van der Waals surface area contributed by atoms with Gasteiger partial charge in [-0.1, -0.05) is 24.3 Å². The molecular formula is C13H14FNO. The highest BCUT2D eigenvalue weighted by Crippen LogP contribution is 2.29. The molecule has 0 aromatic heterocycles. The first kappa shape index (κ1) is 10.9. The second-order valence-corrected chi connectivity index (χ2v) is 3.63. The molecule has 0 atom stereocenters. The van der Waals surface area contributed by atoms with Gasteiger partial charge in [0, 0.05) is 10.9 Å². The molecule has 0 amide bonds. The molecule has 0 bridgehead atoms. The van der Waals surface area contributed by atoms with E-state index in [4.69, 9.17) is 10.5 Å². The van der Waals surface area contributed by atoms with E-state index in [0.717, 1.165) is 5.39 Å². The SMILES string of the molecule is COc1cc2ccccc2c(F)c1CCN. The molecule has 0 aliphatic heterocycles. The van der Waals surface area contributed by atoms with Crippen LogP contribution < -0.4 is 10.5 Å². The summed E-state index contributed by atoms with van der Waals surface area (Å²) in [6.07, 6.45) is 0.486. The monoisotopic (exact) mass is 219 g/mol. The molecule has 2 N–H and O–H groups in total. The minimum absolute atomic E-state index is 0.222. The summed E-state index contributed by atoms with van der Waals surface area (Å²) in [5.74, 6) is 0.349. The van der Waals surface area contributed by atoms with Crippen molar-refractivity contribution in [3.8, 4) is 5.75 Å². The summed E-state index contributed by atoms with van der Waals surface area (Å²) in [4.78, 5) is 0. The van der Waals surface area contributed by atoms with E-state index in [2.05, 4.69) is 0 Å². The Hall–Kier alpha value is -1.61. The van der Waals surface area contributed by atoms with Crippen molar-refractivity contribution in [2.24, 2.45) is 5.73 Å². The van der Waals surface area contributed by atoms with Crippen molar-refractivity contribution in [2.45, 2.75) is 6.42 Å². The van der Waals surface area contributed by atoms with Crippen LogP contribution in [0.25, 0.3) is 10.8 Å². The molecule has 0 unspecified atom stereocenters. The van der Waals surface area contributed by atoms with E-state index in [1.165, 1.54) is 0 Å². The molecule has 2 aromatic carbocycles. The van der Waals surface area contributed by atoms with Gasteiger partial charge in [0.25, 0.3) is 0 Å². The molecule has 0 aliphatic carbocycles. The standard InChI is InChI=1S/C13H14FNO/c1-16-12-8-9-4-2-3-5-10(9)13(14)11(12)6-7-15/h2-5,8H,6-7,15H2,1H3. The summed E-state index contributed by atoms with van der Waals surface area (Å²) in [5.41, 5.74) is 6.03. The Labute approximate surface area is 93.8 Å². The Kier molecular flexibility index (Phi) is 3.06. The predicted molar refractivity (Wildman–Crippen MR) is 63.2 cm³/mol. The Morgan fingerprint density at radius 1 is 1.31 bits per heavy atom. The number of fused-ring (bicyclic) bond motifs is 1. The Morgan fingerprint density at radius 2 is 2.06 bits per heavy atom. The van der Waals surface area contributed by atoms with Crippen molar-refractivity contribution in [2.75, 3.05) is 13.7 Å². The van der Waals surface area contributed by atoms with Crippen LogP contribution in [0.4, 0.5) is 4.39 Å². The molecule has 0 saturated carbocycles. The second-order valence-electron chi connectivity index (χ2n) is 3.63. The summed E-state index contributed by atoms with van der Waals surface area (Å²) in [7, 11) is 1.55. The van der Waals surface area contributed by atoms with Crippen LogP contribution in [0, 0.1) is 5.82 Å². The van der Waals surface area contributed by atoms with Gasteiger partial charge in [-0.3, -0.25) is 0 Å². The maximum Gasteiger partial charge on any atom is 0.137 e. The van der Waals surface area contributed by atoms with E-state index in [0.29, 0.717) is 29.7 Å². The van der Waals surface area contributed by atoms with Crippen LogP contribution >= 0.6 is 0 Å². The highest BCUT2D eigenvalue weighted by Gasteiger charge is 2.12. The lowest BCUT2D eigenvalue weighted by atomic mass is 10.0. The van der Waals surface area contributed by atoms with Gasteiger partial charge in [0.05, 0.1) is 7.11 Å². The van der Waals surface area contributed by atoms with Crippen molar-refractivity contribution in [1.82, 2.24) is 0 Å². The highest BCUT2D eigenvalue weighted by atomic mass is 19.1. The second kappa shape index (κ2) is 4.49. The average molecular weight is 219 g/mol. The summed E-state index contributed by atoms with van der Waals surface area (Å²) < 4.78 is 19.4. The van der Waals surface area contributed by atoms with Crippen molar-refractivity contribution < 1.29 is 9.13 Å². The highest BCUT2D eigenvalue weighted by molar-refractivity contribution is 5.85. The van der Waals surface area contributed by atoms with Crippen LogP contribution in [0.2, 0.25) is 0 Å². The largest absolute Gasteiger partial charge is 0.496 e.